The first kappa shape index (κ1) is 19.0. The quantitative estimate of drug-likeness (QED) is 0.479. The Morgan fingerprint density at radius 2 is 2.04 bits per heavy atom. The molecule has 1 aliphatic carbocycles. The summed E-state index contributed by atoms with van der Waals surface area (Å²) in [5.41, 5.74) is 0.833. The Morgan fingerprint density at radius 1 is 1.26 bits per heavy atom. The highest BCUT2D eigenvalue weighted by molar-refractivity contribution is 14.1. The molecule has 0 radical (unpaired) electrons. The maximum absolute atomic E-state index is 12.3. The maximum Gasteiger partial charge on any atom is 0.234 e. The van der Waals surface area contributed by atoms with E-state index in [1.807, 2.05) is 24.3 Å². The number of benzene rings is 1. The first-order valence-corrected chi connectivity index (χ1v) is 11.5. The molecule has 1 aromatic heterocycles. The number of piperidine rings is 1. The van der Waals surface area contributed by atoms with Crippen LogP contribution in [0.4, 0.5) is 11.6 Å². The maximum atomic E-state index is 12.3. The normalized spacial score (nSPS) is 17.9. The van der Waals surface area contributed by atoms with E-state index in [1.54, 1.807) is 0 Å². The first-order chi connectivity index (χ1) is 13.1. The van der Waals surface area contributed by atoms with Gasteiger partial charge in [-0.25, -0.2) is 0 Å². The molecule has 8 heteroatoms. The van der Waals surface area contributed by atoms with Gasteiger partial charge in [0.05, 0.1) is 5.75 Å². The van der Waals surface area contributed by atoms with Crippen LogP contribution in [-0.2, 0) is 4.79 Å². The molecular formula is C19H24IN5OS. The van der Waals surface area contributed by atoms with Crippen molar-refractivity contribution in [1.82, 2.24) is 14.8 Å². The van der Waals surface area contributed by atoms with Crippen LogP contribution < -0.4 is 10.2 Å². The van der Waals surface area contributed by atoms with Crippen LogP contribution in [0.3, 0.4) is 0 Å². The van der Waals surface area contributed by atoms with Crippen molar-refractivity contribution in [2.24, 2.45) is 5.92 Å². The van der Waals surface area contributed by atoms with Crippen molar-refractivity contribution in [3.05, 3.63) is 27.8 Å². The number of nitrogens with zero attached hydrogens (tertiary/aromatic N) is 4. The number of rotatable bonds is 6. The molecule has 2 aromatic rings. The lowest BCUT2D eigenvalue weighted by Gasteiger charge is -2.31. The fourth-order valence-electron chi connectivity index (χ4n) is 3.34. The highest BCUT2D eigenvalue weighted by Crippen LogP contribution is 2.41. The van der Waals surface area contributed by atoms with Crippen LogP contribution in [0.25, 0.3) is 0 Å². The third kappa shape index (κ3) is 4.77. The molecule has 0 unspecified atom stereocenters. The highest BCUT2D eigenvalue weighted by atomic mass is 127. The van der Waals surface area contributed by atoms with E-state index in [0.29, 0.717) is 11.8 Å². The molecule has 1 aliphatic heterocycles. The first-order valence-electron chi connectivity index (χ1n) is 9.48. The van der Waals surface area contributed by atoms with Gasteiger partial charge in [0.15, 0.2) is 5.16 Å². The third-order valence-corrected chi connectivity index (χ3v) is 6.68. The second-order valence-corrected chi connectivity index (χ2v) is 9.59. The summed E-state index contributed by atoms with van der Waals surface area (Å²) < 4.78 is 3.37. The SMILES string of the molecule is CC1CCN(c2nnc(SCC(=O)Nc3cccc(I)c3)n2C2CC2)CC1. The predicted octanol–water partition coefficient (Wildman–Crippen LogP) is 4.18. The van der Waals surface area contributed by atoms with Gasteiger partial charge >= 0.3 is 0 Å². The summed E-state index contributed by atoms with van der Waals surface area (Å²) >= 11 is 3.72. The van der Waals surface area contributed by atoms with Crippen LogP contribution in [0.5, 0.6) is 0 Å². The lowest BCUT2D eigenvalue weighted by Crippen LogP contribution is -2.34. The number of hydrogen-bond donors (Lipinski definition) is 1. The third-order valence-electron chi connectivity index (χ3n) is 5.07. The summed E-state index contributed by atoms with van der Waals surface area (Å²) in [6, 6.07) is 8.32. The molecule has 0 bridgehead atoms. The summed E-state index contributed by atoms with van der Waals surface area (Å²) in [5.74, 6) is 2.11. The van der Waals surface area contributed by atoms with E-state index in [-0.39, 0.29) is 5.91 Å². The van der Waals surface area contributed by atoms with Gasteiger partial charge in [-0.3, -0.25) is 9.36 Å². The van der Waals surface area contributed by atoms with Crippen molar-refractivity contribution < 1.29 is 4.79 Å². The molecule has 1 saturated heterocycles. The van der Waals surface area contributed by atoms with Crippen molar-refractivity contribution in [1.29, 1.82) is 0 Å². The van der Waals surface area contributed by atoms with E-state index in [1.165, 1.54) is 37.4 Å². The van der Waals surface area contributed by atoms with Gasteiger partial charge in [0, 0.05) is 28.4 Å². The lowest BCUT2D eigenvalue weighted by atomic mass is 10.00. The minimum atomic E-state index is -0.0132. The van der Waals surface area contributed by atoms with Gasteiger partial charge < -0.3 is 10.2 Å². The van der Waals surface area contributed by atoms with Crippen molar-refractivity contribution in [2.45, 2.75) is 43.8 Å². The smallest absolute Gasteiger partial charge is 0.234 e. The number of thioether (sulfide) groups is 1. The summed E-state index contributed by atoms with van der Waals surface area (Å²) in [7, 11) is 0. The zero-order valence-corrected chi connectivity index (χ0v) is 18.4. The van der Waals surface area contributed by atoms with Gasteiger partial charge in [-0.15, -0.1) is 10.2 Å². The van der Waals surface area contributed by atoms with Crippen LogP contribution in [0.15, 0.2) is 29.4 Å². The highest BCUT2D eigenvalue weighted by Gasteiger charge is 2.32. The molecule has 27 heavy (non-hydrogen) atoms. The molecule has 1 N–H and O–H groups in total. The number of hydrogen-bond acceptors (Lipinski definition) is 5. The summed E-state index contributed by atoms with van der Waals surface area (Å²) in [5, 5.41) is 12.7. The fraction of sp³-hybridized carbons (Fsp3) is 0.526. The standard InChI is InChI=1S/C19H24IN5OS/c1-13-7-9-24(10-8-13)18-22-23-19(25(18)16-5-6-16)27-12-17(26)21-15-4-2-3-14(20)11-15/h2-4,11,13,16H,5-10,12H2,1H3,(H,21,26). The van der Waals surface area contributed by atoms with Gasteiger partial charge in [0.25, 0.3) is 0 Å². The topological polar surface area (TPSA) is 63.1 Å². The van der Waals surface area contributed by atoms with Gasteiger partial charge in [-0.2, -0.15) is 0 Å². The second kappa shape index (κ2) is 8.38. The van der Waals surface area contributed by atoms with Gasteiger partial charge in [-0.1, -0.05) is 24.8 Å². The molecule has 2 fully saturated rings. The Bertz CT molecular complexity index is 814. The second-order valence-electron chi connectivity index (χ2n) is 7.40. The Balaban J connectivity index is 1.41. The minimum absolute atomic E-state index is 0.0132. The molecule has 4 rings (SSSR count). The number of anilines is 2. The van der Waals surface area contributed by atoms with Crippen molar-refractivity contribution in [3.63, 3.8) is 0 Å². The molecule has 6 nitrogen and oxygen atoms in total. The van der Waals surface area contributed by atoms with Crippen LogP contribution in [0, 0.1) is 9.49 Å². The summed E-state index contributed by atoms with van der Waals surface area (Å²) in [4.78, 5) is 14.7. The van der Waals surface area contributed by atoms with E-state index >= 15 is 0 Å². The van der Waals surface area contributed by atoms with Crippen molar-refractivity contribution >= 4 is 51.9 Å². The van der Waals surface area contributed by atoms with Gasteiger partial charge in [0.2, 0.25) is 11.9 Å². The summed E-state index contributed by atoms with van der Waals surface area (Å²) in [6.45, 7) is 4.41. The monoisotopic (exact) mass is 497 g/mol. The molecule has 144 valence electrons. The van der Waals surface area contributed by atoms with Crippen LogP contribution in [0.2, 0.25) is 0 Å². The molecule has 2 heterocycles. The van der Waals surface area contributed by atoms with E-state index in [9.17, 15) is 4.79 Å². The summed E-state index contributed by atoms with van der Waals surface area (Å²) in [6.07, 6.45) is 4.77. The largest absolute Gasteiger partial charge is 0.341 e. The number of carbonyl (C=O) groups is 1. The molecule has 1 amide bonds. The zero-order chi connectivity index (χ0) is 18.8. The van der Waals surface area contributed by atoms with Crippen molar-refractivity contribution in [3.8, 4) is 0 Å². The van der Waals surface area contributed by atoms with Crippen LogP contribution in [-0.4, -0.2) is 39.5 Å². The average Bonchev–Trinajstić information content (AvgIpc) is 3.40. The predicted molar refractivity (Wildman–Crippen MR) is 117 cm³/mol. The van der Waals surface area contributed by atoms with E-state index in [0.717, 1.165) is 39.4 Å². The minimum Gasteiger partial charge on any atom is -0.341 e. The van der Waals surface area contributed by atoms with Crippen LogP contribution >= 0.6 is 34.4 Å². The Kier molecular flexibility index (Phi) is 5.91. The molecule has 2 aliphatic rings. The fourth-order valence-corrected chi connectivity index (χ4v) is 4.68. The zero-order valence-electron chi connectivity index (χ0n) is 15.4. The number of nitrogens with one attached hydrogen (secondary N) is 1. The number of carbonyl (C=O) groups excluding carboxylic acids is 1. The van der Waals surface area contributed by atoms with Crippen molar-refractivity contribution in [2.75, 3.05) is 29.1 Å². The number of halogens is 1. The average molecular weight is 497 g/mol. The Hall–Kier alpha value is -1.29. The van der Waals surface area contributed by atoms with E-state index in [2.05, 4.69) is 54.5 Å². The number of aromatic nitrogens is 3. The molecule has 0 spiro atoms. The van der Waals surface area contributed by atoms with Gasteiger partial charge in [-0.05, 0) is 72.4 Å². The molecule has 0 atom stereocenters. The lowest BCUT2D eigenvalue weighted by molar-refractivity contribution is -0.113. The van der Waals surface area contributed by atoms with E-state index in [4.69, 9.17) is 0 Å². The van der Waals surface area contributed by atoms with E-state index < -0.39 is 0 Å². The molecule has 1 aromatic carbocycles. The number of amides is 1. The molecule has 1 saturated carbocycles. The van der Waals surface area contributed by atoms with Crippen LogP contribution in [0.1, 0.15) is 38.6 Å². The van der Waals surface area contributed by atoms with Gasteiger partial charge in [0.1, 0.15) is 0 Å². The molecular weight excluding hydrogens is 473 g/mol. The Labute approximate surface area is 177 Å². The Morgan fingerprint density at radius 3 is 2.74 bits per heavy atom.